The van der Waals surface area contributed by atoms with E-state index < -0.39 is 0 Å². The molecule has 0 spiro atoms. The average molecular weight is 319 g/mol. The quantitative estimate of drug-likeness (QED) is 0.742. The van der Waals surface area contributed by atoms with Gasteiger partial charge in [-0.15, -0.1) is 0 Å². The fraction of sp³-hybridized carbons (Fsp3) is 0.250. The zero-order valence-electron chi connectivity index (χ0n) is 12.2. The van der Waals surface area contributed by atoms with Crippen LogP contribution in [0, 0.1) is 0 Å². The minimum absolute atomic E-state index is 0.205. The van der Waals surface area contributed by atoms with Crippen molar-refractivity contribution in [2.24, 2.45) is 0 Å². The number of piperazine rings is 1. The second-order valence-electron chi connectivity index (χ2n) is 4.66. The van der Waals surface area contributed by atoms with Crippen LogP contribution in [0.15, 0.2) is 48.7 Å². The van der Waals surface area contributed by atoms with Crippen LogP contribution in [0.1, 0.15) is 10.4 Å². The molecule has 1 aliphatic heterocycles. The maximum atomic E-state index is 11.8. The number of para-hydroxylation sites is 1. The summed E-state index contributed by atoms with van der Waals surface area (Å²) in [7, 11) is 0. The summed E-state index contributed by atoms with van der Waals surface area (Å²) in [6, 6.07) is 12.5. The molecular formula is C16H19ClN4O. The summed E-state index contributed by atoms with van der Waals surface area (Å²) in [5, 5.41) is 9.38. The molecule has 1 aliphatic rings. The molecule has 2 heterocycles. The molecule has 0 atom stereocenters. The predicted molar refractivity (Wildman–Crippen MR) is 89.4 cm³/mol. The first-order valence-corrected chi connectivity index (χ1v) is 7.53. The number of hydrogen-bond donors (Lipinski definition) is 3. The van der Waals surface area contributed by atoms with Crippen LogP contribution in [0.4, 0.5) is 5.69 Å². The first kappa shape index (κ1) is 16.4. The molecule has 0 saturated carbocycles. The summed E-state index contributed by atoms with van der Waals surface area (Å²) >= 11 is 5.81. The number of carbonyl (C=O) groups is 1. The monoisotopic (exact) mass is 318 g/mol. The van der Waals surface area contributed by atoms with Gasteiger partial charge in [-0.25, -0.2) is 4.98 Å². The molecule has 116 valence electrons. The topological polar surface area (TPSA) is 66.0 Å². The number of hydrogen-bond acceptors (Lipinski definition) is 4. The predicted octanol–water partition coefficient (Wildman–Crippen LogP) is 2.17. The van der Waals surface area contributed by atoms with E-state index >= 15 is 0 Å². The van der Waals surface area contributed by atoms with Crippen molar-refractivity contribution in [3.63, 3.8) is 0 Å². The minimum atomic E-state index is -0.260. The number of aromatic nitrogens is 1. The first-order chi connectivity index (χ1) is 10.8. The number of anilines is 1. The molecule has 2 aromatic rings. The third-order valence-electron chi connectivity index (χ3n) is 2.99. The highest BCUT2D eigenvalue weighted by Gasteiger charge is 2.10. The van der Waals surface area contributed by atoms with Crippen LogP contribution >= 0.6 is 11.6 Å². The van der Waals surface area contributed by atoms with Gasteiger partial charge in [-0.05, 0) is 24.3 Å². The van der Waals surface area contributed by atoms with E-state index in [1.165, 1.54) is 0 Å². The molecule has 0 radical (unpaired) electrons. The summed E-state index contributed by atoms with van der Waals surface area (Å²) < 4.78 is 0. The van der Waals surface area contributed by atoms with Gasteiger partial charge in [-0.3, -0.25) is 4.79 Å². The second-order valence-corrected chi connectivity index (χ2v) is 5.02. The molecule has 0 unspecified atom stereocenters. The van der Waals surface area contributed by atoms with Crippen molar-refractivity contribution in [1.29, 1.82) is 0 Å². The van der Waals surface area contributed by atoms with Gasteiger partial charge in [0.15, 0.2) is 0 Å². The average Bonchev–Trinajstić information content (AvgIpc) is 2.58. The molecule has 1 aromatic carbocycles. The van der Waals surface area contributed by atoms with E-state index in [2.05, 4.69) is 20.9 Å². The molecule has 1 saturated heterocycles. The zero-order chi connectivity index (χ0) is 15.6. The smallest absolute Gasteiger partial charge is 0.258 e. The van der Waals surface area contributed by atoms with Crippen LogP contribution in [-0.2, 0) is 0 Å². The molecule has 1 amide bonds. The number of carbonyl (C=O) groups excluding carboxylic acids is 1. The molecule has 3 N–H and O–H groups in total. The summed E-state index contributed by atoms with van der Waals surface area (Å²) in [5.41, 5.74) is 1.10. The van der Waals surface area contributed by atoms with Crippen molar-refractivity contribution in [2.75, 3.05) is 31.5 Å². The molecule has 0 aliphatic carbocycles. The Morgan fingerprint density at radius 2 is 1.64 bits per heavy atom. The fourth-order valence-corrected chi connectivity index (χ4v) is 2.08. The van der Waals surface area contributed by atoms with Crippen molar-refractivity contribution in [2.45, 2.75) is 0 Å². The number of rotatable bonds is 2. The fourth-order valence-electron chi connectivity index (χ4n) is 1.88. The van der Waals surface area contributed by atoms with E-state index in [1.54, 1.807) is 18.3 Å². The molecule has 1 aromatic heterocycles. The molecule has 22 heavy (non-hydrogen) atoms. The van der Waals surface area contributed by atoms with Crippen LogP contribution < -0.4 is 16.0 Å². The SMILES string of the molecule is C1CNCCN1.O=C(Nc1ccccc1)c1cccnc1Cl. The van der Waals surface area contributed by atoms with E-state index in [-0.39, 0.29) is 11.1 Å². The van der Waals surface area contributed by atoms with Crippen molar-refractivity contribution in [3.05, 3.63) is 59.4 Å². The highest BCUT2D eigenvalue weighted by molar-refractivity contribution is 6.33. The lowest BCUT2D eigenvalue weighted by atomic mass is 10.2. The third kappa shape index (κ3) is 5.44. The summed E-state index contributed by atoms with van der Waals surface area (Å²) in [6.07, 6.45) is 1.54. The van der Waals surface area contributed by atoms with Gasteiger partial charge in [0.1, 0.15) is 5.15 Å². The number of benzene rings is 1. The number of nitrogens with zero attached hydrogens (tertiary/aromatic N) is 1. The van der Waals surface area contributed by atoms with Crippen LogP contribution in [0.2, 0.25) is 5.15 Å². The normalized spacial score (nSPS) is 13.7. The zero-order valence-corrected chi connectivity index (χ0v) is 12.9. The molecule has 1 fully saturated rings. The van der Waals surface area contributed by atoms with Gasteiger partial charge in [-0.2, -0.15) is 0 Å². The maximum Gasteiger partial charge on any atom is 0.258 e. The summed E-state index contributed by atoms with van der Waals surface area (Å²) in [4.78, 5) is 15.6. The minimum Gasteiger partial charge on any atom is -0.322 e. The van der Waals surface area contributed by atoms with Crippen LogP contribution in [0.25, 0.3) is 0 Å². The Morgan fingerprint density at radius 3 is 2.18 bits per heavy atom. The van der Waals surface area contributed by atoms with Crippen molar-refractivity contribution >= 4 is 23.2 Å². The van der Waals surface area contributed by atoms with Crippen molar-refractivity contribution in [3.8, 4) is 0 Å². The molecule has 3 rings (SSSR count). The van der Waals surface area contributed by atoms with E-state index in [0.717, 1.165) is 31.9 Å². The van der Waals surface area contributed by atoms with Gasteiger partial charge in [0.05, 0.1) is 5.56 Å². The van der Waals surface area contributed by atoms with E-state index in [4.69, 9.17) is 11.6 Å². The Hall–Kier alpha value is -1.95. The number of nitrogens with one attached hydrogen (secondary N) is 3. The summed E-state index contributed by atoms with van der Waals surface area (Å²) in [5.74, 6) is -0.260. The Morgan fingerprint density at radius 1 is 1.00 bits per heavy atom. The second kappa shape index (κ2) is 9.15. The first-order valence-electron chi connectivity index (χ1n) is 7.16. The standard InChI is InChI=1S/C12H9ClN2O.C4H10N2/c13-11-10(7-4-8-14-11)12(16)15-9-5-2-1-3-6-9;1-2-6-4-3-5-1/h1-8H,(H,15,16);5-6H,1-4H2. The molecule has 6 heteroatoms. The Labute approximate surface area is 135 Å². The van der Waals surface area contributed by atoms with Gasteiger partial charge >= 0.3 is 0 Å². The van der Waals surface area contributed by atoms with Gasteiger partial charge in [-0.1, -0.05) is 29.8 Å². The van der Waals surface area contributed by atoms with Crippen LogP contribution in [0.3, 0.4) is 0 Å². The lowest BCUT2D eigenvalue weighted by Gasteiger charge is -2.11. The largest absolute Gasteiger partial charge is 0.322 e. The molecule has 5 nitrogen and oxygen atoms in total. The van der Waals surface area contributed by atoms with Gasteiger partial charge in [0.25, 0.3) is 5.91 Å². The van der Waals surface area contributed by atoms with E-state index in [1.807, 2.05) is 30.3 Å². The van der Waals surface area contributed by atoms with Crippen molar-refractivity contribution < 1.29 is 4.79 Å². The Kier molecular flexibility index (Phi) is 6.83. The van der Waals surface area contributed by atoms with Gasteiger partial charge < -0.3 is 16.0 Å². The Bertz CT molecular complexity index is 576. The number of pyridine rings is 1. The maximum absolute atomic E-state index is 11.8. The number of amides is 1. The van der Waals surface area contributed by atoms with E-state index in [0.29, 0.717) is 5.56 Å². The highest BCUT2D eigenvalue weighted by atomic mass is 35.5. The number of halogens is 1. The van der Waals surface area contributed by atoms with Gasteiger partial charge in [0.2, 0.25) is 0 Å². The summed E-state index contributed by atoms with van der Waals surface area (Å²) in [6.45, 7) is 4.56. The van der Waals surface area contributed by atoms with Crippen LogP contribution in [-0.4, -0.2) is 37.1 Å². The lowest BCUT2D eigenvalue weighted by Crippen LogP contribution is -2.39. The molecular weight excluding hydrogens is 300 g/mol. The Balaban J connectivity index is 0.000000246. The molecule has 0 bridgehead atoms. The van der Waals surface area contributed by atoms with E-state index in [9.17, 15) is 4.79 Å². The van der Waals surface area contributed by atoms with Crippen molar-refractivity contribution in [1.82, 2.24) is 15.6 Å². The highest BCUT2D eigenvalue weighted by Crippen LogP contribution is 2.14. The third-order valence-corrected chi connectivity index (χ3v) is 3.29. The lowest BCUT2D eigenvalue weighted by molar-refractivity contribution is 0.102. The van der Waals surface area contributed by atoms with Crippen LogP contribution in [0.5, 0.6) is 0 Å². The van der Waals surface area contributed by atoms with Gasteiger partial charge in [0, 0.05) is 38.1 Å².